The van der Waals surface area contributed by atoms with Gasteiger partial charge in [-0.05, 0) is 43.2 Å². The number of ether oxygens (including phenoxy) is 2. The molecule has 0 unspecified atom stereocenters. The summed E-state index contributed by atoms with van der Waals surface area (Å²) >= 11 is 1.69. The molecule has 1 fully saturated rings. The largest absolute Gasteiger partial charge is 0.454 e. The fourth-order valence-electron chi connectivity index (χ4n) is 4.06. The highest BCUT2D eigenvalue weighted by atomic mass is 127. The van der Waals surface area contributed by atoms with Crippen LogP contribution >= 0.6 is 35.7 Å². The molecule has 1 aromatic carbocycles. The lowest BCUT2D eigenvalue weighted by molar-refractivity contribution is 0.174. The van der Waals surface area contributed by atoms with Gasteiger partial charge in [-0.1, -0.05) is 30.7 Å². The number of aromatic nitrogens is 3. The first-order valence-corrected chi connectivity index (χ1v) is 11.8. The number of fused-ring (bicyclic) bond motifs is 1. The maximum Gasteiger partial charge on any atom is 0.231 e. The minimum atomic E-state index is 0. The van der Waals surface area contributed by atoms with Crippen LogP contribution in [0.3, 0.4) is 0 Å². The number of nitrogens with one attached hydrogen (secondary N) is 2. The van der Waals surface area contributed by atoms with Crippen LogP contribution < -0.4 is 20.1 Å². The Hall–Kier alpha value is -1.69. The molecule has 2 N–H and O–H groups in total. The van der Waals surface area contributed by atoms with Gasteiger partial charge in [-0.15, -0.1) is 34.2 Å². The average molecular weight is 558 g/mol. The monoisotopic (exact) mass is 558 g/mol. The Morgan fingerprint density at radius 2 is 2.00 bits per heavy atom. The smallest absolute Gasteiger partial charge is 0.231 e. The minimum absolute atomic E-state index is 0. The highest BCUT2D eigenvalue weighted by Crippen LogP contribution is 2.34. The van der Waals surface area contributed by atoms with Crippen molar-refractivity contribution >= 4 is 41.7 Å². The molecule has 8 nitrogen and oxygen atoms in total. The SMILES string of the molecule is CN=C(NCCCc1nnc(SC)n1C1CCCC1)NCc1ccc2c(c1)OCO2.I. The first-order chi connectivity index (χ1) is 14.8. The van der Waals surface area contributed by atoms with Crippen LogP contribution in [0, 0.1) is 0 Å². The van der Waals surface area contributed by atoms with Gasteiger partial charge in [0.25, 0.3) is 0 Å². The second-order valence-electron chi connectivity index (χ2n) is 7.55. The lowest BCUT2D eigenvalue weighted by Gasteiger charge is -2.16. The number of aliphatic imine (C=N–C) groups is 1. The third-order valence-corrected chi connectivity index (χ3v) is 6.24. The highest BCUT2D eigenvalue weighted by Gasteiger charge is 2.23. The van der Waals surface area contributed by atoms with E-state index in [0.29, 0.717) is 19.4 Å². The lowest BCUT2D eigenvalue weighted by Crippen LogP contribution is -2.37. The summed E-state index contributed by atoms with van der Waals surface area (Å²) in [4.78, 5) is 4.32. The molecule has 1 aromatic heterocycles. The highest BCUT2D eigenvalue weighted by molar-refractivity contribution is 14.0. The second-order valence-corrected chi connectivity index (χ2v) is 8.33. The van der Waals surface area contributed by atoms with Crippen LogP contribution in [0.1, 0.15) is 49.5 Å². The predicted octanol–water partition coefficient (Wildman–Crippen LogP) is 3.76. The molecule has 0 atom stereocenters. The summed E-state index contributed by atoms with van der Waals surface area (Å²) in [6, 6.07) is 6.55. The van der Waals surface area contributed by atoms with Crippen molar-refractivity contribution in [2.75, 3.05) is 26.6 Å². The van der Waals surface area contributed by atoms with Crippen molar-refractivity contribution in [1.82, 2.24) is 25.4 Å². The van der Waals surface area contributed by atoms with Gasteiger partial charge in [-0.2, -0.15) is 0 Å². The molecule has 2 heterocycles. The molecule has 0 bridgehead atoms. The van der Waals surface area contributed by atoms with Crippen molar-refractivity contribution < 1.29 is 9.47 Å². The van der Waals surface area contributed by atoms with Gasteiger partial charge in [0.1, 0.15) is 5.82 Å². The first kappa shape index (κ1) is 24.0. The van der Waals surface area contributed by atoms with E-state index in [0.717, 1.165) is 53.4 Å². The Morgan fingerprint density at radius 1 is 1.19 bits per heavy atom. The van der Waals surface area contributed by atoms with Crippen molar-refractivity contribution in [1.29, 1.82) is 0 Å². The van der Waals surface area contributed by atoms with Crippen LogP contribution in [0.2, 0.25) is 0 Å². The van der Waals surface area contributed by atoms with Crippen molar-refractivity contribution in [2.24, 2.45) is 4.99 Å². The molecule has 0 radical (unpaired) electrons. The van der Waals surface area contributed by atoms with Crippen molar-refractivity contribution in [3.63, 3.8) is 0 Å². The zero-order valence-electron chi connectivity index (χ0n) is 18.1. The molecule has 2 aliphatic rings. The quantitative estimate of drug-likeness (QED) is 0.168. The Kier molecular flexibility index (Phi) is 9.12. The fourth-order valence-corrected chi connectivity index (χ4v) is 4.63. The van der Waals surface area contributed by atoms with Crippen LogP contribution in [0.25, 0.3) is 0 Å². The van der Waals surface area contributed by atoms with E-state index >= 15 is 0 Å². The lowest BCUT2D eigenvalue weighted by atomic mass is 10.2. The van der Waals surface area contributed by atoms with Gasteiger partial charge >= 0.3 is 0 Å². The molecule has 0 saturated heterocycles. The molecule has 1 saturated carbocycles. The molecule has 2 aromatic rings. The number of guanidine groups is 1. The summed E-state index contributed by atoms with van der Waals surface area (Å²) in [7, 11) is 1.79. The van der Waals surface area contributed by atoms with Crippen LogP contribution in [0.5, 0.6) is 11.5 Å². The van der Waals surface area contributed by atoms with Crippen LogP contribution in [-0.4, -0.2) is 47.4 Å². The van der Waals surface area contributed by atoms with Crippen molar-refractivity contribution in [3.8, 4) is 11.5 Å². The summed E-state index contributed by atoms with van der Waals surface area (Å²) < 4.78 is 13.2. The van der Waals surface area contributed by atoms with E-state index in [1.807, 2.05) is 18.2 Å². The minimum Gasteiger partial charge on any atom is -0.454 e. The Morgan fingerprint density at radius 3 is 2.77 bits per heavy atom. The number of benzene rings is 1. The van der Waals surface area contributed by atoms with E-state index in [2.05, 4.69) is 36.6 Å². The summed E-state index contributed by atoms with van der Waals surface area (Å²) in [5.74, 6) is 3.50. The molecular weight excluding hydrogens is 527 g/mol. The summed E-state index contributed by atoms with van der Waals surface area (Å²) in [6.07, 6.45) is 9.07. The molecular formula is C21H31IN6O2S. The third-order valence-electron chi connectivity index (χ3n) is 5.60. The number of aryl methyl sites for hydroxylation is 1. The normalized spacial score (nSPS) is 15.7. The predicted molar refractivity (Wildman–Crippen MR) is 134 cm³/mol. The van der Waals surface area contributed by atoms with Gasteiger partial charge in [0.15, 0.2) is 22.6 Å². The summed E-state index contributed by atoms with van der Waals surface area (Å²) in [6.45, 7) is 1.79. The van der Waals surface area contributed by atoms with E-state index in [4.69, 9.17) is 9.47 Å². The van der Waals surface area contributed by atoms with Gasteiger partial charge < -0.3 is 24.7 Å². The number of nitrogens with zero attached hydrogens (tertiary/aromatic N) is 4. The van der Waals surface area contributed by atoms with E-state index < -0.39 is 0 Å². The molecule has 31 heavy (non-hydrogen) atoms. The Labute approximate surface area is 205 Å². The third kappa shape index (κ3) is 5.97. The average Bonchev–Trinajstić information content (AvgIpc) is 3.52. The topological polar surface area (TPSA) is 85.6 Å². The number of hydrogen-bond acceptors (Lipinski definition) is 6. The molecule has 0 spiro atoms. The standard InChI is InChI=1S/C21H30N6O2S.HI/c1-22-20(24-13-15-9-10-17-18(12-15)29-14-28-17)23-11-5-8-19-25-26-21(30-2)27(19)16-6-3-4-7-16;/h9-10,12,16H,3-8,11,13-14H2,1-2H3,(H2,22,23,24);1H. The van der Waals surface area contributed by atoms with Crippen LogP contribution in [-0.2, 0) is 13.0 Å². The fraction of sp³-hybridized carbons (Fsp3) is 0.571. The molecule has 0 amide bonds. The number of halogens is 1. The number of rotatable bonds is 8. The van der Waals surface area contributed by atoms with Gasteiger partial charge in [-0.25, -0.2) is 0 Å². The second kappa shape index (κ2) is 11.8. The van der Waals surface area contributed by atoms with Crippen molar-refractivity contribution in [3.05, 3.63) is 29.6 Å². The molecule has 170 valence electrons. The van der Waals surface area contributed by atoms with E-state index in [9.17, 15) is 0 Å². The molecule has 1 aliphatic carbocycles. The Bertz CT molecular complexity index is 885. The van der Waals surface area contributed by atoms with Crippen molar-refractivity contribution in [2.45, 2.75) is 56.3 Å². The molecule has 10 heteroatoms. The first-order valence-electron chi connectivity index (χ1n) is 10.6. The molecule has 4 rings (SSSR count). The van der Waals surface area contributed by atoms with Gasteiger partial charge in [0.2, 0.25) is 6.79 Å². The Balaban J connectivity index is 0.00000272. The van der Waals surface area contributed by atoms with Crippen LogP contribution in [0.15, 0.2) is 28.3 Å². The van der Waals surface area contributed by atoms with E-state index in [-0.39, 0.29) is 24.0 Å². The number of thioether (sulfide) groups is 1. The zero-order valence-corrected chi connectivity index (χ0v) is 21.2. The maximum absolute atomic E-state index is 5.44. The summed E-state index contributed by atoms with van der Waals surface area (Å²) in [5.41, 5.74) is 1.12. The van der Waals surface area contributed by atoms with Crippen LogP contribution in [0.4, 0.5) is 0 Å². The van der Waals surface area contributed by atoms with Gasteiger partial charge in [0, 0.05) is 32.6 Å². The van der Waals surface area contributed by atoms with E-state index in [1.165, 1.54) is 25.7 Å². The van der Waals surface area contributed by atoms with Gasteiger partial charge in [-0.3, -0.25) is 4.99 Å². The van der Waals surface area contributed by atoms with Gasteiger partial charge in [0.05, 0.1) is 0 Å². The number of hydrogen-bond donors (Lipinski definition) is 2. The maximum atomic E-state index is 5.44. The zero-order chi connectivity index (χ0) is 20.8. The molecule has 1 aliphatic heterocycles. The van der Waals surface area contributed by atoms with E-state index in [1.54, 1.807) is 18.8 Å². The summed E-state index contributed by atoms with van der Waals surface area (Å²) in [5, 5.41) is 16.7.